The van der Waals surface area contributed by atoms with Crippen LogP contribution >= 0.6 is 27.9 Å². The van der Waals surface area contributed by atoms with Gasteiger partial charge < -0.3 is 10.4 Å². The third-order valence-corrected chi connectivity index (χ3v) is 7.17. The fourth-order valence-corrected chi connectivity index (χ4v) is 5.73. The number of aliphatic hydroxyl groups excluding tert-OH is 1. The van der Waals surface area contributed by atoms with Crippen molar-refractivity contribution < 1.29 is 5.11 Å². The fourth-order valence-electron chi connectivity index (χ4n) is 4.19. The van der Waals surface area contributed by atoms with E-state index in [-0.39, 0.29) is 5.54 Å². The molecule has 0 saturated carbocycles. The summed E-state index contributed by atoms with van der Waals surface area (Å²) in [7, 11) is 0. The number of fused-ring (bicyclic) bond motifs is 1. The van der Waals surface area contributed by atoms with Gasteiger partial charge in [-0.1, -0.05) is 53.2 Å². The zero-order chi connectivity index (χ0) is 20.9. The molecule has 1 aliphatic carbocycles. The minimum atomic E-state index is -0.394. The maximum absolute atomic E-state index is 10.6. The van der Waals surface area contributed by atoms with E-state index >= 15 is 0 Å². The molecular weight excluding hydrogens is 444 g/mol. The first-order chi connectivity index (χ1) is 13.8. The van der Waals surface area contributed by atoms with Crippen molar-refractivity contribution >= 4 is 27.9 Å². The van der Waals surface area contributed by atoms with Crippen LogP contribution in [0.15, 0.2) is 57.9 Å². The Balaban J connectivity index is 1.44. The summed E-state index contributed by atoms with van der Waals surface area (Å²) in [5.41, 5.74) is 3.04. The maximum Gasteiger partial charge on any atom is 0.0800 e. The van der Waals surface area contributed by atoms with Gasteiger partial charge in [-0.2, -0.15) is 0 Å². The van der Waals surface area contributed by atoms with Crippen molar-refractivity contribution in [3.8, 4) is 0 Å². The number of likely N-dealkylation sites (N-methyl/N-ethyl adjacent to an activating group) is 1. The third kappa shape index (κ3) is 7.11. The van der Waals surface area contributed by atoms with Gasteiger partial charge >= 0.3 is 0 Å². The molecule has 2 aromatic carbocycles. The standard InChI is InChI=1S/C24H33BrN2OS/c1-4-27(29-23-11-7-10-21(25)14-23)17-22(28)16-26-24(2,3)15-18-12-19-8-5-6-9-20(19)13-18/h5-11,14,18,22,26,28H,4,12-13,15-17H2,1-3H3/t22-/m1/s1. The molecule has 2 aromatic rings. The smallest absolute Gasteiger partial charge is 0.0800 e. The Morgan fingerprint density at radius 1 is 1.17 bits per heavy atom. The second kappa shape index (κ2) is 10.5. The molecule has 3 rings (SSSR count). The monoisotopic (exact) mass is 476 g/mol. The molecule has 0 unspecified atom stereocenters. The van der Waals surface area contributed by atoms with Gasteiger partial charge in [0.25, 0.3) is 0 Å². The molecule has 1 atom stereocenters. The summed E-state index contributed by atoms with van der Waals surface area (Å²) in [4.78, 5) is 1.18. The van der Waals surface area contributed by atoms with Crippen molar-refractivity contribution in [2.75, 3.05) is 19.6 Å². The van der Waals surface area contributed by atoms with E-state index < -0.39 is 6.10 Å². The first kappa shape index (κ1) is 22.8. The van der Waals surface area contributed by atoms with Gasteiger partial charge in [-0.3, -0.25) is 0 Å². The molecule has 5 heteroatoms. The van der Waals surface area contributed by atoms with Gasteiger partial charge in [-0.05, 0) is 80.3 Å². The summed E-state index contributed by atoms with van der Waals surface area (Å²) in [6.45, 7) is 8.80. The van der Waals surface area contributed by atoms with Gasteiger partial charge in [0, 0.05) is 34.5 Å². The summed E-state index contributed by atoms with van der Waals surface area (Å²) in [6.07, 6.45) is 3.08. The lowest BCUT2D eigenvalue weighted by Crippen LogP contribution is -2.46. The lowest BCUT2D eigenvalue weighted by atomic mass is 9.88. The molecule has 1 aliphatic rings. The van der Waals surface area contributed by atoms with Gasteiger partial charge in [-0.25, -0.2) is 4.31 Å². The van der Waals surface area contributed by atoms with Crippen LogP contribution in [0.3, 0.4) is 0 Å². The number of hydrogen-bond donors (Lipinski definition) is 2. The highest BCUT2D eigenvalue weighted by molar-refractivity contribution is 9.10. The normalized spacial score (nSPS) is 15.7. The van der Waals surface area contributed by atoms with E-state index in [9.17, 15) is 5.11 Å². The number of nitrogens with zero attached hydrogens (tertiary/aromatic N) is 1. The zero-order valence-electron chi connectivity index (χ0n) is 17.7. The van der Waals surface area contributed by atoms with E-state index in [1.165, 1.54) is 28.9 Å². The highest BCUT2D eigenvalue weighted by Crippen LogP contribution is 2.32. The van der Waals surface area contributed by atoms with E-state index in [4.69, 9.17) is 0 Å². The molecule has 0 spiro atoms. The lowest BCUT2D eigenvalue weighted by molar-refractivity contribution is 0.134. The fraction of sp³-hybridized carbons (Fsp3) is 0.500. The molecule has 29 heavy (non-hydrogen) atoms. The third-order valence-electron chi connectivity index (χ3n) is 5.55. The van der Waals surface area contributed by atoms with Crippen molar-refractivity contribution in [1.29, 1.82) is 0 Å². The second-order valence-electron chi connectivity index (χ2n) is 8.69. The molecule has 0 amide bonds. The van der Waals surface area contributed by atoms with E-state index in [0.717, 1.165) is 17.4 Å². The number of benzene rings is 2. The van der Waals surface area contributed by atoms with E-state index in [2.05, 4.69) is 82.7 Å². The molecule has 158 valence electrons. The zero-order valence-corrected chi connectivity index (χ0v) is 20.1. The number of rotatable bonds is 10. The molecule has 0 aromatic heterocycles. The summed E-state index contributed by atoms with van der Waals surface area (Å²) in [6, 6.07) is 17.1. The largest absolute Gasteiger partial charge is 0.390 e. The number of nitrogens with one attached hydrogen (secondary N) is 1. The topological polar surface area (TPSA) is 35.5 Å². The van der Waals surface area contributed by atoms with Crippen LogP contribution in [-0.4, -0.2) is 40.7 Å². The summed E-state index contributed by atoms with van der Waals surface area (Å²) >= 11 is 5.22. The van der Waals surface area contributed by atoms with E-state index in [1.54, 1.807) is 11.9 Å². The number of β-amino-alcohol motifs (C(OH)–C–C–N with tert-alkyl or cyclic N) is 1. The van der Waals surface area contributed by atoms with Crippen LogP contribution in [0.1, 0.15) is 38.3 Å². The molecule has 0 bridgehead atoms. The Bertz CT molecular complexity index is 773. The first-order valence-electron chi connectivity index (χ1n) is 10.5. The van der Waals surface area contributed by atoms with Crippen molar-refractivity contribution in [2.24, 2.45) is 5.92 Å². The first-order valence-corrected chi connectivity index (χ1v) is 12.1. The Morgan fingerprint density at radius 3 is 2.48 bits per heavy atom. The van der Waals surface area contributed by atoms with Crippen molar-refractivity contribution in [3.05, 3.63) is 64.1 Å². The Morgan fingerprint density at radius 2 is 1.86 bits per heavy atom. The van der Waals surface area contributed by atoms with E-state index in [1.807, 2.05) is 12.1 Å². The summed E-state index contributed by atoms with van der Waals surface area (Å²) < 4.78 is 3.30. The summed E-state index contributed by atoms with van der Waals surface area (Å²) in [5, 5.41) is 14.2. The average Bonchev–Trinajstić information content (AvgIpc) is 3.07. The Hall–Kier alpha value is -0.850. The molecule has 0 aliphatic heterocycles. The van der Waals surface area contributed by atoms with Gasteiger partial charge in [0.1, 0.15) is 0 Å². The van der Waals surface area contributed by atoms with Crippen molar-refractivity contribution in [3.63, 3.8) is 0 Å². The van der Waals surface area contributed by atoms with Crippen LogP contribution in [-0.2, 0) is 12.8 Å². The predicted octanol–water partition coefficient (Wildman–Crippen LogP) is 5.31. The Labute approximate surface area is 188 Å². The molecule has 0 fully saturated rings. The van der Waals surface area contributed by atoms with Crippen LogP contribution in [0.25, 0.3) is 0 Å². The molecule has 0 heterocycles. The quantitative estimate of drug-likeness (QED) is 0.455. The van der Waals surface area contributed by atoms with Crippen molar-refractivity contribution in [2.45, 2.75) is 56.6 Å². The van der Waals surface area contributed by atoms with Crippen molar-refractivity contribution in [1.82, 2.24) is 9.62 Å². The second-order valence-corrected chi connectivity index (χ2v) is 10.8. The SMILES string of the molecule is CCN(C[C@H](O)CNC(C)(C)CC1Cc2ccccc2C1)Sc1cccc(Br)c1. The number of halogens is 1. The summed E-state index contributed by atoms with van der Waals surface area (Å²) in [5.74, 6) is 0.686. The van der Waals surface area contributed by atoms with Gasteiger partial charge in [0.2, 0.25) is 0 Å². The molecule has 0 saturated heterocycles. The van der Waals surface area contributed by atoms with E-state index in [0.29, 0.717) is 19.0 Å². The minimum Gasteiger partial charge on any atom is -0.390 e. The van der Waals surface area contributed by atoms with Gasteiger partial charge in [-0.15, -0.1) is 0 Å². The van der Waals surface area contributed by atoms with Crippen LogP contribution in [0.5, 0.6) is 0 Å². The molecular formula is C24H33BrN2OS. The van der Waals surface area contributed by atoms with Crippen LogP contribution in [0.2, 0.25) is 0 Å². The molecule has 3 nitrogen and oxygen atoms in total. The van der Waals surface area contributed by atoms with Crippen LogP contribution in [0.4, 0.5) is 0 Å². The Kier molecular flexibility index (Phi) is 8.23. The number of aliphatic hydroxyl groups is 1. The van der Waals surface area contributed by atoms with Gasteiger partial charge in [0.15, 0.2) is 0 Å². The van der Waals surface area contributed by atoms with Crippen LogP contribution < -0.4 is 5.32 Å². The molecule has 0 radical (unpaired) electrons. The maximum atomic E-state index is 10.6. The highest BCUT2D eigenvalue weighted by Gasteiger charge is 2.28. The average molecular weight is 478 g/mol. The minimum absolute atomic E-state index is 0.0160. The predicted molar refractivity (Wildman–Crippen MR) is 127 cm³/mol. The van der Waals surface area contributed by atoms with Gasteiger partial charge in [0.05, 0.1) is 6.10 Å². The lowest BCUT2D eigenvalue weighted by Gasteiger charge is -2.31. The molecule has 2 N–H and O–H groups in total. The van der Waals surface area contributed by atoms with Crippen LogP contribution in [0, 0.1) is 5.92 Å². The highest BCUT2D eigenvalue weighted by atomic mass is 79.9. The number of hydrogen-bond acceptors (Lipinski definition) is 4.